The van der Waals surface area contributed by atoms with Crippen LogP contribution in [0.1, 0.15) is 17.3 Å². The quantitative estimate of drug-likeness (QED) is 0.466. The van der Waals surface area contributed by atoms with Gasteiger partial charge in [-0.05, 0) is 23.8 Å². The molecule has 0 radical (unpaired) electrons. The summed E-state index contributed by atoms with van der Waals surface area (Å²) >= 11 is 3.29. The van der Waals surface area contributed by atoms with Crippen LogP contribution in [-0.2, 0) is 5.75 Å². The second-order valence-electron chi connectivity index (χ2n) is 5.01. The first-order valence-electron chi connectivity index (χ1n) is 7.41. The number of benzene rings is 2. The molecule has 6 heteroatoms. The average Bonchev–Trinajstić information content (AvgIpc) is 3.25. The zero-order chi connectivity index (χ0) is 16.2. The number of thiazole rings is 1. The van der Waals surface area contributed by atoms with Gasteiger partial charge in [0.25, 0.3) is 0 Å². The Bertz CT molecular complexity index is 943. The fraction of sp³-hybridized carbons (Fsp3) is 0.0556. The SMILES string of the molecule is C(=Cc1nnc(CSc2nc3ccccc3s2)o1)c1ccccc1. The Labute approximate surface area is 147 Å². The normalized spacial score (nSPS) is 11.5. The second-order valence-corrected chi connectivity index (χ2v) is 7.27. The molecule has 0 amide bonds. The maximum absolute atomic E-state index is 5.65. The monoisotopic (exact) mass is 351 g/mol. The van der Waals surface area contributed by atoms with Crippen LogP contribution in [-0.4, -0.2) is 15.2 Å². The molecule has 0 atom stereocenters. The Morgan fingerprint density at radius 1 is 0.958 bits per heavy atom. The van der Waals surface area contributed by atoms with E-state index in [0.717, 1.165) is 15.4 Å². The number of hydrogen-bond acceptors (Lipinski definition) is 6. The maximum Gasteiger partial charge on any atom is 0.240 e. The van der Waals surface area contributed by atoms with E-state index < -0.39 is 0 Å². The molecule has 2 aromatic heterocycles. The van der Waals surface area contributed by atoms with Crippen LogP contribution in [0.15, 0.2) is 63.4 Å². The minimum atomic E-state index is 0.513. The molecule has 4 aromatic rings. The van der Waals surface area contributed by atoms with Crippen molar-refractivity contribution in [3.8, 4) is 0 Å². The van der Waals surface area contributed by atoms with Crippen LogP contribution in [0.3, 0.4) is 0 Å². The Morgan fingerprint density at radius 2 is 1.79 bits per heavy atom. The third-order valence-electron chi connectivity index (χ3n) is 3.29. The molecule has 118 valence electrons. The van der Waals surface area contributed by atoms with Crippen LogP contribution in [0.25, 0.3) is 22.4 Å². The fourth-order valence-electron chi connectivity index (χ4n) is 2.16. The lowest BCUT2D eigenvalue weighted by atomic mass is 10.2. The van der Waals surface area contributed by atoms with E-state index in [-0.39, 0.29) is 0 Å². The van der Waals surface area contributed by atoms with Gasteiger partial charge in [0.05, 0.1) is 16.0 Å². The second kappa shape index (κ2) is 6.98. The van der Waals surface area contributed by atoms with Gasteiger partial charge in [-0.3, -0.25) is 0 Å². The van der Waals surface area contributed by atoms with Crippen molar-refractivity contribution >= 4 is 45.5 Å². The molecule has 24 heavy (non-hydrogen) atoms. The van der Waals surface area contributed by atoms with Crippen LogP contribution >= 0.6 is 23.1 Å². The van der Waals surface area contributed by atoms with E-state index >= 15 is 0 Å². The van der Waals surface area contributed by atoms with Crippen LogP contribution < -0.4 is 0 Å². The van der Waals surface area contributed by atoms with Gasteiger partial charge in [-0.2, -0.15) is 0 Å². The van der Waals surface area contributed by atoms with E-state index in [2.05, 4.69) is 21.2 Å². The highest BCUT2D eigenvalue weighted by Gasteiger charge is 2.08. The summed E-state index contributed by atoms with van der Waals surface area (Å²) in [7, 11) is 0. The van der Waals surface area contributed by atoms with Crippen LogP contribution in [0.4, 0.5) is 0 Å². The van der Waals surface area contributed by atoms with Crippen molar-refractivity contribution in [3.05, 3.63) is 71.9 Å². The maximum atomic E-state index is 5.65. The molecule has 0 bridgehead atoms. The molecular formula is C18H13N3OS2. The van der Waals surface area contributed by atoms with Gasteiger partial charge < -0.3 is 4.42 Å². The summed E-state index contributed by atoms with van der Waals surface area (Å²) in [5.74, 6) is 1.73. The lowest BCUT2D eigenvalue weighted by Crippen LogP contribution is -1.79. The first kappa shape index (κ1) is 15.1. The smallest absolute Gasteiger partial charge is 0.240 e. The van der Waals surface area contributed by atoms with Gasteiger partial charge in [-0.25, -0.2) is 4.98 Å². The highest BCUT2D eigenvalue weighted by Crippen LogP contribution is 2.31. The predicted octanol–water partition coefficient (Wildman–Crippen LogP) is 5.14. The van der Waals surface area contributed by atoms with E-state index in [4.69, 9.17) is 4.42 Å². The summed E-state index contributed by atoms with van der Waals surface area (Å²) < 4.78 is 7.85. The number of thioether (sulfide) groups is 1. The number of fused-ring (bicyclic) bond motifs is 1. The van der Waals surface area contributed by atoms with E-state index in [0.29, 0.717) is 17.5 Å². The van der Waals surface area contributed by atoms with E-state index in [1.54, 1.807) is 23.1 Å². The molecule has 4 nitrogen and oxygen atoms in total. The van der Waals surface area contributed by atoms with Crippen molar-refractivity contribution in [2.45, 2.75) is 10.1 Å². The molecular weight excluding hydrogens is 338 g/mol. The Balaban J connectivity index is 1.41. The van der Waals surface area contributed by atoms with E-state index in [1.165, 1.54) is 4.70 Å². The Kier molecular flexibility index (Phi) is 4.40. The topological polar surface area (TPSA) is 51.8 Å². The molecule has 0 saturated heterocycles. The molecule has 0 spiro atoms. The first-order valence-corrected chi connectivity index (χ1v) is 9.21. The average molecular weight is 351 g/mol. The molecule has 0 aliphatic heterocycles. The molecule has 0 unspecified atom stereocenters. The molecule has 4 rings (SSSR count). The number of para-hydroxylation sites is 1. The highest BCUT2D eigenvalue weighted by molar-refractivity contribution is 8.00. The summed E-state index contributed by atoms with van der Waals surface area (Å²) in [5.41, 5.74) is 2.13. The largest absolute Gasteiger partial charge is 0.420 e. The number of nitrogens with zero attached hydrogens (tertiary/aromatic N) is 3. The summed E-state index contributed by atoms with van der Waals surface area (Å²) in [6, 6.07) is 18.2. The molecule has 0 saturated carbocycles. The van der Waals surface area contributed by atoms with Crippen molar-refractivity contribution in [2.75, 3.05) is 0 Å². The number of rotatable bonds is 5. The first-order chi connectivity index (χ1) is 11.9. The third-order valence-corrected chi connectivity index (χ3v) is 5.46. The molecule has 2 aromatic carbocycles. The minimum Gasteiger partial charge on any atom is -0.420 e. The summed E-state index contributed by atoms with van der Waals surface area (Å²) in [4.78, 5) is 4.59. The van der Waals surface area contributed by atoms with Crippen molar-refractivity contribution in [2.24, 2.45) is 0 Å². The van der Waals surface area contributed by atoms with Gasteiger partial charge >= 0.3 is 0 Å². The molecule has 0 aliphatic carbocycles. The minimum absolute atomic E-state index is 0.513. The third kappa shape index (κ3) is 3.55. The number of hydrogen-bond donors (Lipinski definition) is 0. The fourth-order valence-corrected chi connectivity index (χ4v) is 4.07. The van der Waals surface area contributed by atoms with Gasteiger partial charge in [0.15, 0.2) is 4.34 Å². The van der Waals surface area contributed by atoms with Crippen LogP contribution in [0, 0.1) is 0 Å². The van der Waals surface area contributed by atoms with Crippen molar-refractivity contribution in [1.82, 2.24) is 15.2 Å². The van der Waals surface area contributed by atoms with Gasteiger partial charge in [-0.15, -0.1) is 21.5 Å². The lowest BCUT2D eigenvalue weighted by Gasteiger charge is -1.91. The number of aromatic nitrogens is 3. The Hall–Kier alpha value is -2.44. The zero-order valence-corrected chi connectivity index (χ0v) is 14.3. The molecule has 0 fully saturated rings. The lowest BCUT2D eigenvalue weighted by molar-refractivity contribution is 0.506. The van der Waals surface area contributed by atoms with Crippen LogP contribution in [0.2, 0.25) is 0 Å². The predicted molar refractivity (Wildman–Crippen MR) is 98.8 cm³/mol. The van der Waals surface area contributed by atoms with Crippen molar-refractivity contribution in [1.29, 1.82) is 0 Å². The standard InChI is InChI=1S/C18H13N3OS2/c1-2-6-13(7-3-1)10-11-16-20-21-17(22-16)12-23-18-19-14-8-4-5-9-15(14)24-18/h1-11H,12H2. The van der Waals surface area contributed by atoms with E-state index in [1.807, 2.05) is 60.7 Å². The van der Waals surface area contributed by atoms with Gasteiger partial charge in [0.1, 0.15) is 0 Å². The van der Waals surface area contributed by atoms with Crippen LogP contribution in [0.5, 0.6) is 0 Å². The summed E-state index contributed by atoms with van der Waals surface area (Å²) in [6.45, 7) is 0. The van der Waals surface area contributed by atoms with Crippen molar-refractivity contribution < 1.29 is 4.42 Å². The highest BCUT2D eigenvalue weighted by atomic mass is 32.2. The zero-order valence-electron chi connectivity index (χ0n) is 12.6. The molecule has 0 N–H and O–H groups in total. The summed E-state index contributed by atoms with van der Waals surface area (Å²) in [5, 5.41) is 8.14. The van der Waals surface area contributed by atoms with Crippen molar-refractivity contribution in [3.63, 3.8) is 0 Å². The van der Waals surface area contributed by atoms with Gasteiger partial charge in [-0.1, -0.05) is 54.2 Å². The summed E-state index contributed by atoms with van der Waals surface area (Å²) in [6.07, 6.45) is 3.78. The molecule has 2 heterocycles. The Morgan fingerprint density at radius 3 is 2.67 bits per heavy atom. The molecule has 0 aliphatic rings. The van der Waals surface area contributed by atoms with Gasteiger partial charge in [0.2, 0.25) is 11.8 Å². The van der Waals surface area contributed by atoms with Gasteiger partial charge in [0, 0.05) is 6.08 Å². The van der Waals surface area contributed by atoms with E-state index in [9.17, 15) is 0 Å².